The Kier molecular flexibility index (Phi) is 6.31. The Balaban J connectivity index is 4.60. The molecule has 0 aliphatic carbocycles. The number of carbonyl (C=O) groups is 3. The minimum atomic E-state index is -0.988. The van der Waals surface area contributed by atoms with Crippen LogP contribution in [0.2, 0.25) is 0 Å². The second-order valence-electron chi connectivity index (χ2n) is 5.19. The summed E-state index contributed by atoms with van der Waals surface area (Å²) in [4.78, 5) is 37.0. The first-order chi connectivity index (χ1) is 8.59. The molecule has 0 heterocycles. The van der Waals surface area contributed by atoms with Crippen molar-refractivity contribution >= 4 is 17.9 Å². The zero-order valence-electron chi connectivity index (χ0n) is 12.2. The number of likely N-dealkylation sites (N-methyl/N-ethyl adjacent to an activating group) is 2. The highest BCUT2D eigenvalue weighted by Crippen LogP contribution is 2.09. The van der Waals surface area contributed by atoms with Gasteiger partial charge in [0, 0.05) is 26.2 Å². The molecule has 7 heteroatoms. The number of carboxylic acid groups (broad SMARTS) is 1. The SMILES string of the molecule is CCN(CC(=O)N(C)C)C(=O)NC(C)(C)CC(=O)O. The van der Waals surface area contributed by atoms with Gasteiger partial charge in [0.1, 0.15) is 6.54 Å². The third kappa shape index (κ3) is 6.64. The molecule has 0 saturated carbocycles. The van der Waals surface area contributed by atoms with E-state index < -0.39 is 17.5 Å². The molecule has 2 N–H and O–H groups in total. The van der Waals surface area contributed by atoms with Gasteiger partial charge in [-0.1, -0.05) is 0 Å². The maximum absolute atomic E-state index is 12.0. The van der Waals surface area contributed by atoms with Gasteiger partial charge in [-0.2, -0.15) is 0 Å². The number of nitrogens with zero attached hydrogens (tertiary/aromatic N) is 2. The highest BCUT2D eigenvalue weighted by molar-refractivity contribution is 5.84. The second kappa shape index (κ2) is 6.96. The minimum Gasteiger partial charge on any atom is -0.481 e. The van der Waals surface area contributed by atoms with Crippen LogP contribution in [-0.4, -0.2) is 65.5 Å². The van der Waals surface area contributed by atoms with Crippen LogP contribution in [0.5, 0.6) is 0 Å². The van der Waals surface area contributed by atoms with Crippen molar-refractivity contribution in [2.24, 2.45) is 0 Å². The molecule has 0 rings (SSSR count). The van der Waals surface area contributed by atoms with E-state index in [0.29, 0.717) is 6.54 Å². The van der Waals surface area contributed by atoms with E-state index in [0.717, 1.165) is 0 Å². The van der Waals surface area contributed by atoms with Gasteiger partial charge in [-0.15, -0.1) is 0 Å². The molecule has 3 amide bonds. The van der Waals surface area contributed by atoms with E-state index in [9.17, 15) is 14.4 Å². The Labute approximate surface area is 113 Å². The number of nitrogens with one attached hydrogen (secondary N) is 1. The lowest BCUT2D eigenvalue weighted by Crippen LogP contribution is -2.52. The van der Waals surface area contributed by atoms with Crippen molar-refractivity contribution in [2.45, 2.75) is 32.7 Å². The minimum absolute atomic E-state index is 0.0293. The molecule has 0 radical (unpaired) electrons. The first-order valence-electron chi connectivity index (χ1n) is 6.08. The molecular formula is C12H23N3O4. The largest absolute Gasteiger partial charge is 0.481 e. The molecule has 0 fully saturated rings. The van der Waals surface area contributed by atoms with Crippen LogP contribution in [0.15, 0.2) is 0 Å². The third-order valence-electron chi connectivity index (χ3n) is 2.53. The molecule has 7 nitrogen and oxygen atoms in total. The van der Waals surface area contributed by atoms with E-state index in [1.165, 1.54) is 9.80 Å². The van der Waals surface area contributed by atoms with Gasteiger partial charge in [-0.3, -0.25) is 9.59 Å². The predicted molar refractivity (Wildman–Crippen MR) is 70.8 cm³/mol. The fraction of sp³-hybridized carbons (Fsp3) is 0.750. The summed E-state index contributed by atoms with van der Waals surface area (Å²) in [6, 6.07) is -0.441. The van der Waals surface area contributed by atoms with Crippen LogP contribution in [0.4, 0.5) is 4.79 Å². The van der Waals surface area contributed by atoms with E-state index in [4.69, 9.17) is 5.11 Å². The van der Waals surface area contributed by atoms with Crippen LogP contribution in [0, 0.1) is 0 Å². The molecule has 0 unspecified atom stereocenters. The van der Waals surface area contributed by atoms with Gasteiger partial charge in [-0.25, -0.2) is 4.79 Å². The summed E-state index contributed by atoms with van der Waals surface area (Å²) < 4.78 is 0. The van der Waals surface area contributed by atoms with Crippen LogP contribution >= 0.6 is 0 Å². The average Bonchev–Trinajstić information content (AvgIpc) is 2.22. The highest BCUT2D eigenvalue weighted by atomic mass is 16.4. The molecule has 0 aromatic carbocycles. The van der Waals surface area contributed by atoms with Crippen molar-refractivity contribution in [1.82, 2.24) is 15.1 Å². The topological polar surface area (TPSA) is 90.0 Å². The lowest BCUT2D eigenvalue weighted by Gasteiger charge is -2.29. The van der Waals surface area contributed by atoms with Gasteiger partial charge in [0.25, 0.3) is 0 Å². The molecule has 0 spiro atoms. The number of carbonyl (C=O) groups excluding carboxylic acids is 2. The maximum Gasteiger partial charge on any atom is 0.318 e. The predicted octanol–water partition coefficient (Wildman–Crippen LogP) is 0.359. The monoisotopic (exact) mass is 273 g/mol. The Hall–Kier alpha value is -1.79. The molecule has 0 atom stereocenters. The number of urea groups is 1. The summed E-state index contributed by atoms with van der Waals surface area (Å²) in [6.07, 6.45) is -0.183. The summed E-state index contributed by atoms with van der Waals surface area (Å²) in [5, 5.41) is 11.4. The molecule has 110 valence electrons. The van der Waals surface area contributed by atoms with Crippen LogP contribution < -0.4 is 5.32 Å². The average molecular weight is 273 g/mol. The standard InChI is InChI=1S/C12H23N3O4/c1-6-15(8-9(16)14(4)5)11(19)13-12(2,3)7-10(17)18/h6-8H2,1-5H3,(H,13,19)(H,17,18). The molecule has 0 saturated heterocycles. The summed E-state index contributed by atoms with van der Waals surface area (Å²) in [5.41, 5.74) is -0.864. The number of hydrogen-bond donors (Lipinski definition) is 2. The lowest BCUT2D eigenvalue weighted by molar-refractivity contribution is -0.138. The van der Waals surface area contributed by atoms with E-state index in [1.54, 1.807) is 34.9 Å². The fourth-order valence-electron chi connectivity index (χ4n) is 1.42. The second-order valence-corrected chi connectivity index (χ2v) is 5.19. The number of rotatable bonds is 6. The Morgan fingerprint density at radius 1 is 1.21 bits per heavy atom. The normalized spacial score (nSPS) is 10.8. The lowest BCUT2D eigenvalue weighted by atomic mass is 10.0. The summed E-state index contributed by atoms with van der Waals surface area (Å²) in [5.74, 6) is -1.18. The highest BCUT2D eigenvalue weighted by Gasteiger charge is 2.26. The van der Waals surface area contributed by atoms with E-state index in [1.807, 2.05) is 0 Å². The Morgan fingerprint density at radius 3 is 2.11 bits per heavy atom. The van der Waals surface area contributed by atoms with E-state index >= 15 is 0 Å². The van der Waals surface area contributed by atoms with Crippen LogP contribution in [0.1, 0.15) is 27.2 Å². The van der Waals surface area contributed by atoms with E-state index in [-0.39, 0.29) is 18.9 Å². The van der Waals surface area contributed by atoms with Crippen molar-refractivity contribution in [3.05, 3.63) is 0 Å². The molecule has 0 aromatic rings. The molecule has 0 aromatic heterocycles. The maximum atomic E-state index is 12.0. The third-order valence-corrected chi connectivity index (χ3v) is 2.53. The first kappa shape index (κ1) is 17.2. The first-order valence-corrected chi connectivity index (χ1v) is 6.08. The molecular weight excluding hydrogens is 250 g/mol. The van der Waals surface area contributed by atoms with Crippen molar-refractivity contribution in [1.29, 1.82) is 0 Å². The van der Waals surface area contributed by atoms with E-state index in [2.05, 4.69) is 5.32 Å². The number of carboxylic acids is 1. The zero-order valence-corrected chi connectivity index (χ0v) is 12.2. The van der Waals surface area contributed by atoms with Gasteiger partial charge in [0.2, 0.25) is 5.91 Å². The van der Waals surface area contributed by atoms with Gasteiger partial charge in [-0.05, 0) is 20.8 Å². The molecule has 0 aliphatic rings. The van der Waals surface area contributed by atoms with Crippen LogP contribution in [0.25, 0.3) is 0 Å². The number of aliphatic carboxylic acids is 1. The van der Waals surface area contributed by atoms with Crippen molar-refractivity contribution < 1.29 is 19.5 Å². The van der Waals surface area contributed by atoms with Gasteiger partial charge >= 0.3 is 12.0 Å². The van der Waals surface area contributed by atoms with Gasteiger partial charge < -0.3 is 20.2 Å². The van der Waals surface area contributed by atoms with Crippen LogP contribution in [-0.2, 0) is 9.59 Å². The Bertz CT molecular complexity index is 353. The fourth-order valence-corrected chi connectivity index (χ4v) is 1.42. The molecule has 0 bridgehead atoms. The van der Waals surface area contributed by atoms with Crippen molar-refractivity contribution in [2.75, 3.05) is 27.2 Å². The summed E-state index contributed by atoms with van der Waals surface area (Å²) in [6.45, 7) is 5.35. The number of amides is 3. The van der Waals surface area contributed by atoms with Crippen LogP contribution in [0.3, 0.4) is 0 Å². The molecule has 0 aliphatic heterocycles. The smallest absolute Gasteiger partial charge is 0.318 e. The number of hydrogen-bond acceptors (Lipinski definition) is 3. The Morgan fingerprint density at radius 2 is 1.74 bits per heavy atom. The summed E-state index contributed by atoms with van der Waals surface area (Å²) >= 11 is 0. The zero-order chi connectivity index (χ0) is 15.2. The van der Waals surface area contributed by atoms with Gasteiger partial charge in [0.15, 0.2) is 0 Å². The van der Waals surface area contributed by atoms with Crippen molar-refractivity contribution in [3.63, 3.8) is 0 Å². The van der Waals surface area contributed by atoms with Crippen molar-refractivity contribution in [3.8, 4) is 0 Å². The molecule has 19 heavy (non-hydrogen) atoms. The quantitative estimate of drug-likeness (QED) is 0.731. The van der Waals surface area contributed by atoms with Gasteiger partial charge in [0.05, 0.1) is 6.42 Å². The summed E-state index contributed by atoms with van der Waals surface area (Å²) in [7, 11) is 3.23.